The number of ether oxygens (including phenoxy) is 1. The maximum Gasteiger partial charge on any atom is 0.251 e. The standard InChI is InChI=1S/C21H17F2NO3/c1-13-10-19(23)15(11-20(13)27-18-8-4-16(22)5-9-18)12-24-21(26)14-2-6-17(25)7-3-14/h2-11,25H,12H2,1H3,(H,24,26). The van der Waals surface area contributed by atoms with Gasteiger partial charge in [0.15, 0.2) is 0 Å². The van der Waals surface area contributed by atoms with Crippen LogP contribution in [0.5, 0.6) is 17.2 Å². The van der Waals surface area contributed by atoms with Crippen LogP contribution in [0.3, 0.4) is 0 Å². The Morgan fingerprint density at radius 1 is 1.04 bits per heavy atom. The lowest BCUT2D eigenvalue weighted by atomic mass is 10.1. The van der Waals surface area contributed by atoms with Gasteiger partial charge in [-0.3, -0.25) is 4.79 Å². The van der Waals surface area contributed by atoms with E-state index in [1.807, 2.05) is 0 Å². The monoisotopic (exact) mass is 369 g/mol. The molecular weight excluding hydrogens is 352 g/mol. The number of aromatic hydroxyl groups is 1. The number of aryl methyl sites for hydroxylation is 1. The molecule has 1 amide bonds. The number of benzene rings is 3. The van der Waals surface area contributed by atoms with Crippen LogP contribution in [-0.2, 0) is 6.54 Å². The number of carbonyl (C=O) groups is 1. The van der Waals surface area contributed by atoms with Crippen molar-refractivity contribution in [1.29, 1.82) is 0 Å². The summed E-state index contributed by atoms with van der Waals surface area (Å²) in [5, 5.41) is 11.9. The minimum atomic E-state index is -0.468. The number of phenolic OH excluding ortho intramolecular Hbond substituents is 1. The van der Waals surface area contributed by atoms with E-state index in [1.54, 1.807) is 6.92 Å². The predicted octanol–water partition coefficient (Wildman–Crippen LogP) is 4.70. The van der Waals surface area contributed by atoms with Gasteiger partial charge in [-0.15, -0.1) is 0 Å². The molecule has 0 atom stereocenters. The van der Waals surface area contributed by atoms with Crippen LogP contribution in [0.4, 0.5) is 8.78 Å². The number of nitrogens with one attached hydrogen (secondary N) is 1. The van der Waals surface area contributed by atoms with Crippen LogP contribution >= 0.6 is 0 Å². The topological polar surface area (TPSA) is 58.6 Å². The highest BCUT2D eigenvalue weighted by Crippen LogP contribution is 2.28. The van der Waals surface area contributed by atoms with Crippen LogP contribution in [0.25, 0.3) is 0 Å². The van der Waals surface area contributed by atoms with Gasteiger partial charge >= 0.3 is 0 Å². The normalized spacial score (nSPS) is 10.5. The first-order valence-corrected chi connectivity index (χ1v) is 8.22. The van der Waals surface area contributed by atoms with E-state index in [1.165, 1.54) is 60.7 Å². The molecule has 0 aliphatic rings. The molecule has 3 aromatic rings. The molecule has 0 fully saturated rings. The molecule has 138 valence electrons. The van der Waals surface area contributed by atoms with Crippen molar-refractivity contribution in [2.24, 2.45) is 0 Å². The molecule has 0 unspecified atom stereocenters. The zero-order valence-corrected chi connectivity index (χ0v) is 14.5. The van der Waals surface area contributed by atoms with E-state index in [4.69, 9.17) is 4.74 Å². The van der Waals surface area contributed by atoms with Crippen LogP contribution < -0.4 is 10.1 Å². The van der Waals surface area contributed by atoms with Crippen LogP contribution in [0.1, 0.15) is 21.5 Å². The van der Waals surface area contributed by atoms with Crippen molar-refractivity contribution >= 4 is 5.91 Å². The van der Waals surface area contributed by atoms with E-state index >= 15 is 0 Å². The largest absolute Gasteiger partial charge is 0.508 e. The van der Waals surface area contributed by atoms with Crippen molar-refractivity contribution in [2.45, 2.75) is 13.5 Å². The molecule has 6 heteroatoms. The number of rotatable bonds is 5. The van der Waals surface area contributed by atoms with E-state index in [-0.39, 0.29) is 23.7 Å². The number of phenols is 1. The van der Waals surface area contributed by atoms with Gasteiger partial charge in [0, 0.05) is 17.7 Å². The molecule has 0 radical (unpaired) electrons. The van der Waals surface area contributed by atoms with Gasteiger partial charge in [0.05, 0.1) is 0 Å². The fourth-order valence-corrected chi connectivity index (χ4v) is 2.46. The van der Waals surface area contributed by atoms with E-state index in [9.17, 15) is 18.7 Å². The molecule has 0 spiro atoms. The van der Waals surface area contributed by atoms with Gasteiger partial charge in [0.2, 0.25) is 0 Å². The third kappa shape index (κ3) is 4.61. The number of amides is 1. The molecular formula is C21H17F2NO3. The first-order valence-electron chi connectivity index (χ1n) is 8.22. The summed E-state index contributed by atoms with van der Waals surface area (Å²) in [5.74, 6) is -0.349. The van der Waals surface area contributed by atoms with E-state index in [0.717, 1.165) is 0 Å². The molecule has 3 rings (SSSR count). The minimum absolute atomic E-state index is 0.0361. The molecule has 0 saturated carbocycles. The highest BCUT2D eigenvalue weighted by atomic mass is 19.1. The Hall–Kier alpha value is -3.41. The molecule has 0 bridgehead atoms. The summed E-state index contributed by atoms with van der Waals surface area (Å²) >= 11 is 0. The van der Waals surface area contributed by atoms with Crippen molar-refractivity contribution in [3.63, 3.8) is 0 Å². The Kier molecular flexibility index (Phi) is 5.35. The smallest absolute Gasteiger partial charge is 0.251 e. The maximum atomic E-state index is 14.2. The molecule has 0 aromatic heterocycles. The Balaban J connectivity index is 1.74. The first kappa shape index (κ1) is 18.4. The molecule has 0 aliphatic heterocycles. The Bertz CT molecular complexity index is 954. The molecule has 4 nitrogen and oxygen atoms in total. The van der Waals surface area contributed by atoms with Crippen LogP contribution in [-0.4, -0.2) is 11.0 Å². The quantitative estimate of drug-likeness (QED) is 0.685. The van der Waals surface area contributed by atoms with Gasteiger partial charge in [-0.1, -0.05) is 0 Å². The van der Waals surface area contributed by atoms with Gasteiger partial charge < -0.3 is 15.2 Å². The van der Waals surface area contributed by atoms with Crippen molar-refractivity contribution in [3.8, 4) is 17.2 Å². The summed E-state index contributed by atoms with van der Waals surface area (Å²) in [6, 6.07) is 14.1. The summed E-state index contributed by atoms with van der Waals surface area (Å²) in [6.07, 6.45) is 0. The molecule has 3 aromatic carbocycles. The Morgan fingerprint density at radius 3 is 2.37 bits per heavy atom. The van der Waals surface area contributed by atoms with E-state index < -0.39 is 11.7 Å². The number of hydrogen-bond donors (Lipinski definition) is 2. The number of hydrogen-bond acceptors (Lipinski definition) is 3. The van der Waals surface area contributed by atoms with Gasteiger partial charge in [-0.05, 0) is 73.2 Å². The number of carbonyl (C=O) groups excluding carboxylic acids is 1. The number of halogens is 2. The third-order valence-corrected chi connectivity index (χ3v) is 3.95. The summed E-state index contributed by atoms with van der Waals surface area (Å²) in [7, 11) is 0. The zero-order valence-electron chi connectivity index (χ0n) is 14.5. The fraction of sp³-hybridized carbons (Fsp3) is 0.0952. The molecule has 0 heterocycles. The lowest BCUT2D eigenvalue weighted by Gasteiger charge is -2.13. The van der Waals surface area contributed by atoms with Crippen LogP contribution in [0.2, 0.25) is 0 Å². The molecule has 27 heavy (non-hydrogen) atoms. The SMILES string of the molecule is Cc1cc(F)c(CNC(=O)c2ccc(O)cc2)cc1Oc1ccc(F)cc1. The summed E-state index contributed by atoms with van der Waals surface area (Å²) in [4.78, 5) is 12.1. The molecule has 0 aliphatic carbocycles. The zero-order chi connectivity index (χ0) is 19.4. The maximum absolute atomic E-state index is 14.2. The lowest BCUT2D eigenvalue weighted by molar-refractivity contribution is 0.0950. The predicted molar refractivity (Wildman–Crippen MR) is 96.9 cm³/mol. The summed E-state index contributed by atoms with van der Waals surface area (Å²) < 4.78 is 32.9. The van der Waals surface area contributed by atoms with Gasteiger partial charge in [-0.2, -0.15) is 0 Å². The van der Waals surface area contributed by atoms with Crippen LogP contribution in [0.15, 0.2) is 60.7 Å². The van der Waals surface area contributed by atoms with Crippen molar-refractivity contribution in [3.05, 3.63) is 89.0 Å². The average molecular weight is 369 g/mol. The van der Waals surface area contributed by atoms with E-state index in [2.05, 4.69) is 5.32 Å². The second-order valence-electron chi connectivity index (χ2n) is 5.99. The minimum Gasteiger partial charge on any atom is -0.508 e. The van der Waals surface area contributed by atoms with Crippen LogP contribution in [0, 0.1) is 18.6 Å². The molecule has 0 saturated heterocycles. The third-order valence-electron chi connectivity index (χ3n) is 3.95. The summed E-state index contributed by atoms with van der Waals surface area (Å²) in [6.45, 7) is 1.66. The summed E-state index contributed by atoms with van der Waals surface area (Å²) in [5.41, 5.74) is 1.18. The van der Waals surface area contributed by atoms with E-state index in [0.29, 0.717) is 22.6 Å². The first-order chi connectivity index (χ1) is 12.9. The van der Waals surface area contributed by atoms with Crippen molar-refractivity contribution in [2.75, 3.05) is 0 Å². The molecule has 2 N–H and O–H groups in total. The second kappa shape index (κ2) is 7.86. The second-order valence-corrected chi connectivity index (χ2v) is 5.99. The lowest BCUT2D eigenvalue weighted by Crippen LogP contribution is -2.23. The average Bonchev–Trinajstić information content (AvgIpc) is 2.65. The van der Waals surface area contributed by atoms with Gasteiger partial charge in [-0.25, -0.2) is 8.78 Å². The Labute approximate surface area is 155 Å². The highest BCUT2D eigenvalue weighted by Gasteiger charge is 2.12. The van der Waals surface area contributed by atoms with Crippen molar-refractivity contribution < 1.29 is 23.4 Å². The van der Waals surface area contributed by atoms with Gasteiger partial charge in [0.1, 0.15) is 28.9 Å². The van der Waals surface area contributed by atoms with Gasteiger partial charge in [0.25, 0.3) is 5.91 Å². The Morgan fingerprint density at radius 2 is 1.70 bits per heavy atom. The fourth-order valence-electron chi connectivity index (χ4n) is 2.46. The highest BCUT2D eigenvalue weighted by molar-refractivity contribution is 5.94. The van der Waals surface area contributed by atoms with Crippen molar-refractivity contribution in [1.82, 2.24) is 5.32 Å².